The van der Waals surface area contributed by atoms with Crippen molar-refractivity contribution in [3.05, 3.63) is 12.2 Å². The summed E-state index contributed by atoms with van der Waals surface area (Å²) in [5, 5.41) is 0. The number of carbonyl (C=O) groups is 1. The minimum absolute atomic E-state index is 0. The Morgan fingerprint density at radius 2 is 1.62 bits per heavy atom. The van der Waals surface area contributed by atoms with E-state index >= 15 is 0 Å². The first kappa shape index (κ1) is 18.5. The molecular formula is C8H20ClNO2Si. The fourth-order valence-corrected chi connectivity index (χ4v) is 0.174. The lowest BCUT2D eigenvalue weighted by molar-refractivity contribution is -0.136. The average Bonchev–Trinajstić information content (AvgIpc) is 1.82. The number of hydrogen-bond donors (Lipinski definition) is 1. The third-order valence-electron chi connectivity index (χ3n) is 0.534. The van der Waals surface area contributed by atoms with Crippen LogP contribution in [-0.4, -0.2) is 20.5 Å². The molecule has 0 aliphatic rings. The highest BCUT2D eigenvalue weighted by Crippen LogP contribution is 2.03. The normalized spacial score (nSPS) is 8.77. The number of esters is 1. The SMILES string of the molecule is C=C(C)C(=O)OC.C[Si](C)(C)Cl.N. The number of methoxy groups -OCH3 is 1. The molecule has 0 aliphatic heterocycles. The average molecular weight is 226 g/mol. The Labute approximate surface area is 86.4 Å². The third-order valence-corrected chi connectivity index (χ3v) is 0.534. The smallest absolute Gasteiger partial charge is 0.332 e. The van der Waals surface area contributed by atoms with Crippen LogP contribution < -0.4 is 6.15 Å². The van der Waals surface area contributed by atoms with Crippen LogP contribution in [0.1, 0.15) is 6.92 Å². The topological polar surface area (TPSA) is 61.3 Å². The van der Waals surface area contributed by atoms with Crippen molar-refractivity contribution in [2.75, 3.05) is 7.11 Å². The van der Waals surface area contributed by atoms with E-state index in [0.29, 0.717) is 5.57 Å². The predicted molar refractivity (Wildman–Crippen MR) is 61.1 cm³/mol. The van der Waals surface area contributed by atoms with Gasteiger partial charge >= 0.3 is 5.97 Å². The van der Waals surface area contributed by atoms with Gasteiger partial charge in [-0.05, 0) is 6.92 Å². The Morgan fingerprint density at radius 3 is 1.62 bits per heavy atom. The second-order valence-corrected chi connectivity index (χ2v) is 10.9. The van der Waals surface area contributed by atoms with Crippen molar-refractivity contribution in [1.82, 2.24) is 6.15 Å². The molecule has 0 radical (unpaired) electrons. The molecule has 0 atom stereocenters. The van der Waals surface area contributed by atoms with E-state index in [9.17, 15) is 4.79 Å². The Balaban J connectivity index is -0.000000150. The molecule has 0 heterocycles. The summed E-state index contributed by atoms with van der Waals surface area (Å²) in [5.41, 5.74) is 0.433. The molecule has 0 unspecified atom stereocenters. The number of rotatable bonds is 1. The van der Waals surface area contributed by atoms with E-state index < -0.39 is 7.38 Å². The Morgan fingerprint density at radius 1 is 1.38 bits per heavy atom. The van der Waals surface area contributed by atoms with Crippen molar-refractivity contribution < 1.29 is 9.53 Å². The van der Waals surface area contributed by atoms with Gasteiger partial charge in [0.25, 0.3) is 0 Å². The van der Waals surface area contributed by atoms with Gasteiger partial charge in [-0.25, -0.2) is 4.79 Å². The minimum atomic E-state index is -1.14. The Hall–Kier alpha value is -0.323. The minimum Gasteiger partial charge on any atom is -0.466 e. The molecule has 0 bridgehead atoms. The van der Waals surface area contributed by atoms with Crippen molar-refractivity contribution in [3.63, 3.8) is 0 Å². The first-order chi connectivity index (χ1) is 5.18. The molecule has 0 aromatic rings. The van der Waals surface area contributed by atoms with E-state index in [1.807, 2.05) is 0 Å². The molecule has 13 heavy (non-hydrogen) atoms. The summed E-state index contributed by atoms with van der Waals surface area (Å²) >= 11 is 5.67. The van der Waals surface area contributed by atoms with E-state index in [1.165, 1.54) is 7.11 Å². The molecule has 5 heteroatoms. The molecule has 0 amide bonds. The molecule has 3 nitrogen and oxygen atoms in total. The maximum absolute atomic E-state index is 10.2. The fourth-order valence-electron chi connectivity index (χ4n) is 0.174. The van der Waals surface area contributed by atoms with Gasteiger partial charge in [0.2, 0.25) is 0 Å². The van der Waals surface area contributed by atoms with Gasteiger partial charge in [-0.2, -0.15) is 11.1 Å². The van der Waals surface area contributed by atoms with Gasteiger partial charge in [-0.1, -0.05) is 26.2 Å². The highest BCUT2D eigenvalue weighted by molar-refractivity contribution is 7.18. The molecule has 80 valence electrons. The van der Waals surface area contributed by atoms with Gasteiger partial charge in [0.1, 0.15) is 7.38 Å². The summed E-state index contributed by atoms with van der Waals surface area (Å²) in [6.07, 6.45) is 0. The van der Waals surface area contributed by atoms with Crippen LogP contribution in [0.5, 0.6) is 0 Å². The van der Waals surface area contributed by atoms with Crippen LogP contribution in [0.2, 0.25) is 19.6 Å². The summed E-state index contributed by atoms with van der Waals surface area (Å²) < 4.78 is 4.27. The quantitative estimate of drug-likeness (QED) is 0.323. The Kier molecular flexibility index (Phi) is 11.8. The van der Waals surface area contributed by atoms with Gasteiger partial charge in [-0.15, -0.1) is 0 Å². The van der Waals surface area contributed by atoms with Gasteiger partial charge < -0.3 is 10.9 Å². The van der Waals surface area contributed by atoms with Crippen LogP contribution in [0.4, 0.5) is 0 Å². The summed E-state index contributed by atoms with van der Waals surface area (Å²) in [5.74, 6) is -0.347. The maximum Gasteiger partial charge on any atom is 0.332 e. The molecule has 0 fully saturated rings. The van der Waals surface area contributed by atoms with Crippen LogP contribution in [0.25, 0.3) is 0 Å². The second kappa shape index (κ2) is 8.28. The van der Waals surface area contributed by atoms with Crippen LogP contribution >= 0.6 is 11.1 Å². The molecule has 0 spiro atoms. The zero-order valence-electron chi connectivity index (χ0n) is 9.11. The van der Waals surface area contributed by atoms with E-state index in [2.05, 4.69) is 31.0 Å². The van der Waals surface area contributed by atoms with Crippen molar-refractivity contribution >= 4 is 24.4 Å². The van der Waals surface area contributed by atoms with Crippen molar-refractivity contribution in [2.45, 2.75) is 26.6 Å². The highest BCUT2D eigenvalue weighted by Gasteiger charge is 2.04. The molecule has 0 saturated carbocycles. The van der Waals surface area contributed by atoms with E-state index in [4.69, 9.17) is 11.1 Å². The van der Waals surface area contributed by atoms with E-state index in [-0.39, 0.29) is 12.1 Å². The zero-order chi connectivity index (χ0) is 10.4. The molecule has 0 aliphatic carbocycles. The largest absolute Gasteiger partial charge is 0.466 e. The second-order valence-electron chi connectivity index (χ2n) is 3.34. The summed E-state index contributed by atoms with van der Waals surface area (Å²) in [6, 6.07) is 0. The summed E-state index contributed by atoms with van der Waals surface area (Å²) in [4.78, 5) is 10.2. The lowest BCUT2D eigenvalue weighted by Gasteiger charge is -1.97. The first-order valence-corrected chi connectivity index (χ1v) is 8.12. The van der Waals surface area contributed by atoms with Crippen LogP contribution in [0.15, 0.2) is 12.2 Å². The van der Waals surface area contributed by atoms with Gasteiger partial charge in [0.15, 0.2) is 0 Å². The molecule has 0 aromatic carbocycles. The lowest BCUT2D eigenvalue weighted by atomic mass is 10.4. The van der Waals surface area contributed by atoms with Crippen LogP contribution in [0.3, 0.4) is 0 Å². The predicted octanol–water partition coefficient (Wildman–Crippen LogP) is 2.96. The highest BCUT2D eigenvalue weighted by atomic mass is 35.6. The lowest BCUT2D eigenvalue weighted by Crippen LogP contribution is -2.06. The fraction of sp³-hybridized carbons (Fsp3) is 0.625. The zero-order valence-corrected chi connectivity index (χ0v) is 10.9. The van der Waals surface area contributed by atoms with E-state index in [1.54, 1.807) is 6.92 Å². The molecular weight excluding hydrogens is 206 g/mol. The first-order valence-electron chi connectivity index (χ1n) is 3.61. The van der Waals surface area contributed by atoms with Gasteiger partial charge in [0.05, 0.1) is 7.11 Å². The molecule has 0 aromatic heterocycles. The summed E-state index contributed by atoms with van der Waals surface area (Å²) in [6.45, 7) is 11.2. The molecule has 0 saturated heterocycles. The monoisotopic (exact) mass is 225 g/mol. The van der Waals surface area contributed by atoms with Crippen LogP contribution in [-0.2, 0) is 9.53 Å². The summed E-state index contributed by atoms with van der Waals surface area (Å²) in [7, 11) is 0.191. The van der Waals surface area contributed by atoms with Gasteiger partial charge in [0, 0.05) is 5.57 Å². The number of carbonyl (C=O) groups excluding carboxylic acids is 1. The van der Waals surface area contributed by atoms with Crippen molar-refractivity contribution in [1.29, 1.82) is 0 Å². The third kappa shape index (κ3) is 33.9. The number of hydrogen-bond acceptors (Lipinski definition) is 3. The van der Waals surface area contributed by atoms with Crippen molar-refractivity contribution in [3.8, 4) is 0 Å². The number of ether oxygens (including phenoxy) is 1. The standard InChI is InChI=1S/C5H8O2.C3H9ClSi.H3N/c1-4(2)5(6)7-3;1-5(2,3)4;/h1H2,2-3H3;1-3H3;1H3. The molecule has 3 N–H and O–H groups in total. The van der Waals surface area contributed by atoms with Gasteiger partial charge in [-0.3, -0.25) is 0 Å². The molecule has 0 rings (SSSR count). The maximum atomic E-state index is 10.2. The van der Waals surface area contributed by atoms with E-state index in [0.717, 1.165) is 0 Å². The number of halogens is 1. The van der Waals surface area contributed by atoms with Crippen LogP contribution in [0, 0.1) is 0 Å². The van der Waals surface area contributed by atoms with Crippen molar-refractivity contribution in [2.24, 2.45) is 0 Å². The Bertz CT molecular complexity index is 160.